The fraction of sp³-hybridized carbons (Fsp3) is 0.200. The minimum atomic E-state index is -0.184. The van der Waals surface area contributed by atoms with Gasteiger partial charge >= 0.3 is 0 Å². The molecule has 0 unspecified atom stereocenters. The lowest BCUT2D eigenvalue weighted by molar-refractivity contribution is -0.123. The van der Waals surface area contributed by atoms with Crippen LogP contribution in [-0.4, -0.2) is 45.5 Å². The fourth-order valence-electron chi connectivity index (χ4n) is 2.48. The van der Waals surface area contributed by atoms with E-state index in [1.165, 1.54) is 11.8 Å². The van der Waals surface area contributed by atoms with Crippen molar-refractivity contribution in [2.45, 2.75) is 12.1 Å². The van der Waals surface area contributed by atoms with Crippen molar-refractivity contribution >= 4 is 40.9 Å². The van der Waals surface area contributed by atoms with Crippen molar-refractivity contribution < 1.29 is 14.3 Å². The van der Waals surface area contributed by atoms with Crippen molar-refractivity contribution in [3.8, 4) is 11.4 Å². The lowest BCUT2D eigenvalue weighted by Gasteiger charge is -2.09. The van der Waals surface area contributed by atoms with Gasteiger partial charge in [-0.3, -0.25) is 14.2 Å². The molecule has 3 aromatic rings. The van der Waals surface area contributed by atoms with Crippen LogP contribution in [0.15, 0.2) is 60.0 Å². The molecule has 0 saturated heterocycles. The first-order valence-corrected chi connectivity index (χ1v) is 10.5. The van der Waals surface area contributed by atoms with E-state index in [0.717, 1.165) is 5.69 Å². The van der Waals surface area contributed by atoms with E-state index in [2.05, 4.69) is 20.8 Å². The number of nitrogens with zero attached hydrogens (tertiary/aromatic N) is 3. The monoisotopic (exact) mass is 445 g/mol. The highest BCUT2D eigenvalue weighted by Crippen LogP contribution is 2.22. The molecule has 0 aliphatic rings. The third-order valence-corrected chi connectivity index (χ3v) is 5.00. The standard InChI is InChI=1S/C20H20ClN5O3S/c1-2-22-18(27)11-29-17-8-6-15(7-9-17)24-19(28)12-30-20-25-23-13-26(20)16-5-3-4-14(21)10-16/h3-10,13H,2,11-12H2,1H3,(H,22,27)(H,24,28). The summed E-state index contributed by atoms with van der Waals surface area (Å²) < 4.78 is 7.15. The van der Waals surface area contributed by atoms with Crippen LogP contribution in [0.3, 0.4) is 0 Å². The Bertz CT molecular complexity index is 1010. The average molecular weight is 446 g/mol. The first-order chi connectivity index (χ1) is 14.5. The smallest absolute Gasteiger partial charge is 0.257 e. The van der Waals surface area contributed by atoms with Crippen molar-refractivity contribution in [3.05, 3.63) is 59.9 Å². The van der Waals surface area contributed by atoms with Crippen molar-refractivity contribution in [3.63, 3.8) is 0 Å². The van der Waals surface area contributed by atoms with Gasteiger partial charge in [0.15, 0.2) is 11.8 Å². The summed E-state index contributed by atoms with van der Waals surface area (Å²) >= 11 is 7.30. The van der Waals surface area contributed by atoms with Crippen LogP contribution < -0.4 is 15.4 Å². The molecule has 0 bridgehead atoms. The van der Waals surface area contributed by atoms with E-state index < -0.39 is 0 Å². The van der Waals surface area contributed by atoms with E-state index in [1.807, 2.05) is 19.1 Å². The van der Waals surface area contributed by atoms with Gasteiger partial charge in [-0.1, -0.05) is 29.4 Å². The molecule has 0 spiro atoms. The lowest BCUT2D eigenvalue weighted by Crippen LogP contribution is -2.28. The second kappa shape index (κ2) is 10.7. The Balaban J connectivity index is 1.51. The van der Waals surface area contributed by atoms with Gasteiger partial charge in [-0.25, -0.2) is 0 Å². The highest BCUT2D eigenvalue weighted by atomic mass is 35.5. The summed E-state index contributed by atoms with van der Waals surface area (Å²) in [5.74, 6) is 0.340. The molecular weight excluding hydrogens is 426 g/mol. The highest BCUT2D eigenvalue weighted by Gasteiger charge is 2.11. The maximum Gasteiger partial charge on any atom is 0.257 e. The molecule has 2 amide bonds. The van der Waals surface area contributed by atoms with Gasteiger partial charge in [0.05, 0.1) is 11.4 Å². The molecule has 1 heterocycles. The molecule has 0 radical (unpaired) electrons. The minimum absolute atomic E-state index is 0.0521. The van der Waals surface area contributed by atoms with Gasteiger partial charge in [0.1, 0.15) is 12.1 Å². The van der Waals surface area contributed by atoms with Gasteiger partial charge in [-0.05, 0) is 49.4 Å². The first kappa shape index (κ1) is 21.7. The zero-order valence-electron chi connectivity index (χ0n) is 16.2. The molecule has 8 nitrogen and oxygen atoms in total. The second-order valence-electron chi connectivity index (χ2n) is 6.07. The maximum absolute atomic E-state index is 12.3. The van der Waals surface area contributed by atoms with Gasteiger partial charge < -0.3 is 15.4 Å². The topological polar surface area (TPSA) is 98.1 Å². The summed E-state index contributed by atoms with van der Waals surface area (Å²) in [4.78, 5) is 23.7. The second-order valence-corrected chi connectivity index (χ2v) is 7.45. The molecular formula is C20H20ClN5O3S. The Morgan fingerprint density at radius 1 is 1.17 bits per heavy atom. The predicted octanol–water partition coefficient (Wildman–Crippen LogP) is 3.17. The van der Waals surface area contributed by atoms with Gasteiger partial charge in [-0.2, -0.15) is 0 Å². The molecule has 10 heteroatoms. The van der Waals surface area contributed by atoms with Crippen LogP contribution in [0, 0.1) is 0 Å². The Labute approximate surface area is 183 Å². The number of hydrogen-bond acceptors (Lipinski definition) is 6. The zero-order chi connectivity index (χ0) is 21.3. The molecule has 0 aliphatic carbocycles. The normalized spacial score (nSPS) is 10.5. The number of benzene rings is 2. The third kappa shape index (κ3) is 6.23. The van der Waals surface area contributed by atoms with E-state index >= 15 is 0 Å². The van der Waals surface area contributed by atoms with Crippen molar-refractivity contribution in [1.82, 2.24) is 20.1 Å². The Morgan fingerprint density at radius 2 is 1.97 bits per heavy atom. The summed E-state index contributed by atoms with van der Waals surface area (Å²) in [7, 11) is 0. The number of amides is 2. The molecule has 0 saturated carbocycles. The third-order valence-electron chi connectivity index (χ3n) is 3.82. The number of anilines is 1. The molecule has 30 heavy (non-hydrogen) atoms. The number of thioether (sulfide) groups is 1. The van der Waals surface area contributed by atoms with Gasteiger partial charge in [0.25, 0.3) is 5.91 Å². The van der Waals surface area contributed by atoms with Crippen LogP contribution in [0.1, 0.15) is 6.92 Å². The molecule has 1 aromatic heterocycles. The summed E-state index contributed by atoms with van der Waals surface area (Å²) in [6, 6.07) is 14.1. The predicted molar refractivity (Wildman–Crippen MR) is 116 cm³/mol. The molecule has 156 valence electrons. The number of halogens is 1. The SMILES string of the molecule is CCNC(=O)COc1ccc(NC(=O)CSc2nncn2-c2cccc(Cl)c2)cc1. The van der Waals surface area contributed by atoms with Crippen molar-refractivity contribution in [1.29, 1.82) is 0 Å². The number of ether oxygens (including phenoxy) is 1. The van der Waals surface area contributed by atoms with Crippen LogP contribution >= 0.6 is 23.4 Å². The van der Waals surface area contributed by atoms with Crippen LogP contribution in [-0.2, 0) is 9.59 Å². The van der Waals surface area contributed by atoms with E-state index in [9.17, 15) is 9.59 Å². The molecule has 0 atom stereocenters. The van der Waals surface area contributed by atoms with Crippen LogP contribution in [0.25, 0.3) is 5.69 Å². The van der Waals surface area contributed by atoms with Crippen LogP contribution in [0.5, 0.6) is 5.75 Å². The fourth-order valence-corrected chi connectivity index (χ4v) is 3.40. The van der Waals surface area contributed by atoms with E-state index in [-0.39, 0.29) is 24.2 Å². The van der Waals surface area contributed by atoms with E-state index in [1.54, 1.807) is 47.3 Å². The number of carbonyl (C=O) groups excluding carboxylic acids is 2. The average Bonchev–Trinajstić information content (AvgIpc) is 3.21. The number of aromatic nitrogens is 3. The Kier molecular flexibility index (Phi) is 7.69. The van der Waals surface area contributed by atoms with E-state index in [4.69, 9.17) is 16.3 Å². The van der Waals surface area contributed by atoms with Gasteiger partial charge in [0.2, 0.25) is 5.91 Å². The summed E-state index contributed by atoms with van der Waals surface area (Å²) in [5, 5.41) is 14.6. The first-order valence-electron chi connectivity index (χ1n) is 9.13. The zero-order valence-corrected chi connectivity index (χ0v) is 17.7. The number of hydrogen-bond donors (Lipinski definition) is 2. The number of likely N-dealkylation sites (N-methyl/N-ethyl adjacent to an activating group) is 1. The quantitative estimate of drug-likeness (QED) is 0.491. The Hall–Kier alpha value is -3.04. The maximum atomic E-state index is 12.3. The number of nitrogens with one attached hydrogen (secondary N) is 2. The van der Waals surface area contributed by atoms with Crippen LogP contribution in [0.4, 0.5) is 5.69 Å². The lowest BCUT2D eigenvalue weighted by atomic mass is 10.3. The molecule has 2 aromatic carbocycles. The molecule has 0 aliphatic heterocycles. The summed E-state index contributed by atoms with van der Waals surface area (Å²) in [5.41, 5.74) is 1.45. The largest absolute Gasteiger partial charge is 0.484 e. The van der Waals surface area contributed by atoms with E-state index in [0.29, 0.717) is 28.2 Å². The van der Waals surface area contributed by atoms with Gasteiger partial charge in [-0.15, -0.1) is 10.2 Å². The van der Waals surface area contributed by atoms with Gasteiger partial charge in [0, 0.05) is 17.3 Å². The summed E-state index contributed by atoms with van der Waals surface area (Å²) in [6.45, 7) is 2.35. The summed E-state index contributed by atoms with van der Waals surface area (Å²) in [6.07, 6.45) is 1.57. The number of carbonyl (C=O) groups is 2. The minimum Gasteiger partial charge on any atom is -0.484 e. The molecule has 0 fully saturated rings. The van der Waals surface area contributed by atoms with Crippen LogP contribution in [0.2, 0.25) is 5.02 Å². The van der Waals surface area contributed by atoms with Crippen molar-refractivity contribution in [2.24, 2.45) is 0 Å². The highest BCUT2D eigenvalue weighted by molar-refractivity contribution is 7.99. The van der Waals surface area contributed by atoms with Crippen molar-refractivity contribution in [2.75, 3.05) is 24.2 Å². The number of rotatable bonds is 9. The Morgan fingerprint density at radius 3 is 2.70 bits per heavy atom. The molecule has 2 N–H and O–H groups in total. The molecule has 3 rings (SSSR count).